The van der Waals surface area contributed by atoms with E-state index in [1.807, 2.05) is 45.3 Å². The molecule has 0 aliphatic carbocycles. The summed E-state index contributed by atoms with van der Waals surface area (Å²) in [4.78, 5) is 32.9. The number of carbonyl (C=O) groups is 2. The van der Waals surface area contributed by atoms with Crippen LogP contribution in [0.3, 0.4) is 0 Å². The third-order valence-electron chi connectivity index (χ3n) is 5.94. The minimum Gasteiger partial charge on any atom is -0.350 e. The van der Waals surface area contributed by atoms with Gasteiger partial charge < -0.3 is 10.2 Å². The largest absolute Gasteiger partial charge is 0.350 e. The van der Waals surface area contributed by atoms with Crippen molar-refractivity contribution in [2.75, 3.05) is 6.54 Å². The molecule has 1 aromatic heterocycles. The van der Waals surface area contributed by atoms with Gasteiger partial charge >= 0.3 is 0 Å². The Labute approximate surface area is 191 Å². The summed E-state index contributed by atoms with van der Waals surface area (Å²) in [5.74, 6) is -0.0857. The summed E-state index contributed by atoms with van der Waals surface area (Å²) in [6.45, 7) is 15.3. The first-order chi connectivity index (χ1) is 14.7. The van der Waals surface area contributed by atoms with Crippen LogP contribution in [0.5, 0.6) is 0 Å². The molecule has 2 atom stereocenters. The number of nitrogens with one attached hydrogen (secondary N) is 1. The molecule has 0 saturated carbocycles. The fourth-order valence-corrected chi connectivity index (χ4v) is 4.39. The van der Waals surface area contributed by atoms with Gasteiger partial charge in [-0.05, 0) is 36.3 Å². The molecule has 5 nitrogen and oxygen atoms in total. The van der Waals surface area contributed by atoms with E-state index in [4.69, 9.17) is 0 Å². The van der Waals surface area contributed by atoms with Crippen LogP contribution in [-0.2, 0) is 16.1 Å². The first-order valence-electron chi connectivity index (χ1n) is 11.3. The molecule has 2 heterocycles. The zero-order valence-electron chi connectivity index (χ0n) is 20.0. The van der Waals surface area contributed by atoms with Gasteiger partial charge in [-0.2, -0.15) is 0 Å². The van der Waals surface area contributed by atoms with E-state index in [9.17, 15) is 9.59 Å². The molecule has 1 aliphatic rings. The molecular formula is C25H37N3O2S. The fourth-order valence-electron chi connectivity index (χ4n) is 3.58. The molecule has 3 rings (SSSR count). The van der Waals surface area contributed by atoms with Gasteiger partial charge in [-0.15, -0.1) is 11.3 Å². The smallest absolute Gasteiger partial charge is 0.243 e. The molecule has 0 radical (unpaired) electrons. The van der Waals surface area contributed by atoms with Crippen molar-refractivity contribution in [2.45, 2.75) is 73.9 Å². The van der Waals surface area contributed by atoms with Crippen LogP contribution in [0.25, 0.3) is 10.4 Å². The number of amides is 2. The van der Waals surface area contributed by atoms with E-state index in [0.29, 0.717) is 13.1 Å². The highest BCUT2D eigenvalue weighted by Gasteiger charge is 2.38. The van der Waals surface area contributed by atoms with Gasteiger partial charge in [0.25, 0.3) is 0 Å². The van der Waals surface area contributed by atoms with Crippen molar-refractivity contribution in [1.82, 2.24) is 15.2 Å². The lowest BCUT2D eigenvalue weighted by Gasteiger charge is -2.32. The summed E-state index contributed by atoms with van der Waals surface area (Å²) in [5.41, 5.74) is 4.96. The third-order valence-corrected chi connectivity index (χ3v) is 6.91. The first-order valence-corrected chi connectivity index (χ1v) is 12.1. The van der Waals surface area contributed by atoms with Crippen molar-refractivity contribution in [2.24, 2.45) is 11.3 Å². The number of hydrogen-bond acceptors (Lipinski definition) is 4. The average Bonchev–Trinajstić information content (AvgIpc) is 3.41. The summed E-state index contributed by atoms with van der Waals surface area (Å²) in [6.07, 6.45) is 1.61. The van der Waals surface area contributed by atoms with Crippen LogP contribution in [0.1, 0.15) is 65.6 Å². The van der Waals surface area contributed by atoms with Crippen LogP contribution in [0, 0.1) is 18.3 Å². The minimum absolute atomic E-state index is 0.0562. The number of likely N-dealkylation sites (tertiary alicyclic amines) is 1. The van der Waals surface area contributed by atoms with Crippen LogP contribution < -0.4 is 5.32 Å². The van der Waals surface area contributed by atoms with E-state index in [1.165, 1.54) is 4.88 Å². The van der Waals surface area contributed by atoms with Gasteiger partial charge in [-0.25, -0.2) is 4.98 Å². The van der Waals surface area contributed by atoms with Crippen molar-refractivity contribution in [3.8, 4) is 10.4 Å². The number of aromatic nitrogens is 1. The van der Waals surface area contributed by atoms with E-state index in [2.05, 4.69) is 43.2 Å². The van der Waals surface area contributed by atoms with Gasteiger partial charge in [-0.3, -0.25) is 9.59 Å². The molecular weight excluding hydrogens is 406 g/mol. The Morgan fingerprint density at radius 2 is 1.87 bits per heavy atom. The van der Waals surface area contributed by atoms with Crippen molar-refractivity contribution in [3.63, 3.8) is 0 Å². The minimum atomic E-state index is -0.355. The lowest BCUT2D eigenvalue weighted by atomic mass is 9.81. The van der Waals surface area contributed by atoms with Crippen LogP contribution in [-0.4, -0.2) is 34.3 Å². The van der Waals surface area contributed by atoms with Crippen molar-refractivity contribution in [3.05, 3.63) is 41.0 Å². The normalized spacial score (nSPS) is 17.0. The Hall–Kier alpha value is -2.21. The van der Waals surface area contributed by atoms with Gasteiger partial charge in [-0.1, -0.05) is 65.8 Å². The molecule has 2 amide bonds. The molecule has 2 aromatic rings. The summed E-state index contributed by atoms with van der Waals surface area (Å²) < 4.78 is 0. The molecule has 0 spiro atoms. The van der Waals surface area contributed by atoms with Crippen molar-refractivity contribution >= 4 is 23.2 Å². The quantitative estimate of drug-likeness (QED) is 0.670. The highest BCUT2D eigenvalue weighted by molar-refractivity contribution is 7.13. The summed E-state index contributed by atoms with van der Waals surface area (Å²) >= 11 is 1.63. The number of carbonyl (C=O) groups excluding carboxylic acids is 2. The van der Waals surface area contributed by atoms with Crippen LogP contribution >= 0.6 is 11.3 Å². The Kier molecular flexibility index (Phi) is 8.80. The third kappa shape index (κ3) is 6.16. The van der Waals surface area contributed by atoms with Crippen molar-refractivity contribution in [1.29, 1.82) is 0 Å². The number of aryl methyl sites for hydroxylation is 1. The second kappa shape index (κ2) is 10.9. The maximum Gasteiger partial charge on any atom is 0.243 e. The van der Waals surface area contributed by atoms with Gasteiger partial charge in [0.2, 0.25) is 11.8 Å². The molecule has 0 bridgehead atoms. The first kappa shape index (κ1) is 25.1. The SMILES string of the molecule is CC.Cc1ncsc1-c1ccc(CNC(=O)C2CCCN2C(=O)C(C)C(C)(C)C)cc1. The van der Waals surface area contributed by atoms with E-state index >= 15 is 0 Å². The lowest BCUT2D eigenvalue weighted by molar-refractivity contribution is -0.143. The molecule has 1 fully saturated rings. The predicted octanol–water partition coefficient (Wildman–Crippen LogP) is 5.43. The molecule has 2 unspecified atom stereocenters. The van der Waals surface area contributed by atoms with Gasteiger partial charge in [0.05, 0.1) is 16.1 Å². The Balaban J connectivity index is 0.00000166. The summed E-state index contributed by atoms with van der Waals surface area (Å²) in [6, 6.07) is 7.85. The molecule has 1 aromatic carbocycles. The van der Waals surface area contributed by atoms with Crippen LogP contribution in [0.15, 0.2) is 29.8 Å². The lowest BCUT2D eigenvalue weighted by Crippen LogP contribution is -2.49. The summed E-state index contributed by atoms with van der Waals surface area (Å²) in [7, 11) is 0. The number of hydrogen-bond donors (Lipinski definition) is 1. The molecule has 6 heteroatoms. The zero-order chi connectivity index (χ0) is 23.2. The Morgan fingerprint density at radius 3 is 2.42 bits per heavy atom. The predicted molar refractivity (Wildman–Crippen MR) is 129 cm³/mol. The van der Waals surface area contributed by atoms with Crippen LogP contribution in [0.2, 0.25) is 0 Å². The number of thiazole rings is 1. The second-order valence-corrected chi connectivity index (χ2v) is 9.81. The highest BCUT2D eigenvalue weighted by atomic mass is 32.1. The topological polar surface area (TPSA) is 62.3 Å². The average molecular weight is 444 g/mol. The summed E-state index contributed by atoms with van der Waals surface area (Å²) in [5, 5.41) is 3.03. The second-order valence-electron chi connectivity index (χ2n) is 8.96. The fraction of sp³-hybridized carbons (Fsp3) is 0.560. The zero-order valence-corrected chi connectivity index (χ0v) is 20.8. The Bertz CT molecular complexity index is 868. The monoisotopic (exact) mass is 443 g/mol. The number of nitrogens with zero attached hydrogens (tertiary/aromatic N) is 2. The standard InChI is InChI=1S/C23H31N3O2S.C2H6/c1-15(23(3,4)5)22(28)26-12-6-7-19(26)21(27)24-13-17-8-10-18(11-9-17)20-16(2)25-14-29-20;1-2/h8-11,14-15,19H,6-7,12-13H2,1-5H3,(H,24,27);1-2H3. The molecule has 1 saturated heterocycles. The molecule has 1 N–H and O–H groups in total. The maximum absolute atomic E-state index is 12.9. The highest BCUT2D eigenvalue weighted by Crippen LogP contribution is 2.30. The van der Waals surface area contributed by atoms with E-state index < -0.39 is 0 Å². The number of benzene rings is 1. The van der Waals surface area contributed by atoms with E-state index in [-0.39, 0.29) is 29.2 Å². The molecule has 170 valence electrons. The Morgan fingerprint density at radius 1 is 1.23 bits per heavy atom. The van der Waals surface area contributed by atoms with Gasteiger partial charge in [0.15, 0.2) is 0 Å². The van der Waals surface area contributed by atoms with E-state index in [0.717, 1.165) is 29.7 Å². The molecule has 31 heavy (non-hydrogen) atoms. The van der Waals surface area contributed by atoms with E-state index in [1.54, 1.807) is 16.2 Å². The van der Waals surface area contributed by atoms with Crippen LogP contribution in [0.4, 0.5) is 0 Å². The molecule has 1 aliphatic heterocycles. The maximum atomic E-state index is 12.9. The van der Waals surface area contributed by atoms with Crippen molar-refractivity contribution < 1.29 is 9.59 Å². The van der Waals surface area contributed by atoms with Gasteiger partial charge in [0, 0.05) is 19.0 Å². The van der Waals surface area contributed by atoms with Gasteiger partial charge in [0.1, 0.15) is 6.04 Å². The number of rotatable bonds is 5.